The number of likely N-dealkylation sites (N-methyl/N-ethyl adjacent to an activating group) is 1. The molecular weight excluding hydrogens is 461 g/mol. The van der Waals surface area contributed by atoms with Crippen LogP contribution in [0.15, 0.2) is 12.2 Å². The molecule has 0 aliphatic rings. The van der Waals surface area contributed by atoms with Crippen LogP contribution in [0.5, 0.6) is 0 Å². The summed E-state index contributed by atoms with van der Waals surface area (Å²) in [7, 11) is 3.28. The summed E-state index contributed by atoms with van der Waals surface area (Å²) in [6.45, 7) is 1.82. The lowest BCUT2D eigenvalue weighted by molar-refractivity contribution is -0.146. The van der Waals surface area contributed by atoms with E-state index in [1.54, 1.807) is 19.1 Å². The molecule has 182 valence electrons. The summed E-state index contributed by atoms with van der Waals surface area (Å²) in [4.78, 5) is 24.7. The zero-order chi connectivity index (χ0) is 23.5. The Labute approximate surface area is 203 Å². The lowest BCUT2D eigenvalue weighted by atomic mass is 10.1. The number of hydrogen-bond acceptors (Lipinski definition) is 4. The van der Waals surface area contributed by atoms with E-state index in [0.29, 0.717) is 19.4 Å². The first-order valence-electron chi connectivity index (χ1n) is 11.2. The van der Waals surface area contributed by atoms with E-state index < -0.39 is 0 Å². The van der Waals surface area contributed by atoms with E-state index in [-0.39, 0.29) is 34.7 Å². The molecule has 0 rings (SSSR count). The van der Waals surface area contributed by atoms with Gasteiger partial charge in [-0.1, -0.05) is 37.8 Å². The van der Waals surface area contributed by atoms with Crippen molar-refractivity contribution >= 4 is 46.7 Å². The second-order valence-electron chi connectivity index (χ2n) is 7.84. The van der Waals surface area contributed by atoms with E-state index in [9.17, 15) is 9.59 Å². The minimum atomic E-state index is -0.363. The Bertz CT molecular complexity index is 503. The number of rotatable bonds is 19. The molecule has 0 saturated carbocycles. The molecule has 8 heteroatoms. The average Bonchev–Trinajstić information content (AvgIpc) is 2.71. The monoisotopic (exact) mass is 499 g/mol. The topological polar surface area (TPSA) is 55.8 Å². The predicted molar refractivity (Wildman–Crippen MR) is 130 cm³/mol. The highest BCUT2D eigenvalue weighted by Crippen LogP contribution is 2.18. The predicted octanol–water partition coefficient (Wildman–Crippen LogP) is 6.28. The molecule has 1 amide bonds. The van der Waals surface area contributed by atoms with Crippen molar-refractivity contribution in [1.29, 1.82) is 0 Å². The number of nitrogens with zero attached hydrogens (tertiary/aromatic N) is 1. The lowest BCUT2D eigenvalue weighted by Gasteiger charge is -2.27. The molecule has 0 aliphatic carbocycles. The largest absolute Gasteiger partial charge is 0.464 e. The minimum absolute atomic E-state index is 0.0106. The van der Waals surface area contributed by atoms with Crippen molar-refractivity contribution in [2.75, 3.05) is 27.4 Å². The summed E-state index contributed by atoms with van der Waals surface area (Å²) in [5.74, 6) is -0.353. The molecule has 0 aliphatic heterocycles. The number of allylic oxidation sites excluding steroid dienone is 2. The van der Waals surface area contributed by atoms with Crippen molar-refractivity contribution in [3.8, 4) is 0 Å². The van der Waals surface area contributed by atoms with Crippen molar-refractivity contribution in [3.63, 3.8) is 0 Å². The maximum atomic E-state index is 12.3. The molecule has 2 unspecified atom stereocenters. The van der Waals surface area contributed by atoms with Gasteiger partial charge in [-0.2, -0.15) is 0 Å². The first-order chi connectivity index (χ1) is 14.8. The molecule has 0 aromatic carbocycles. The van der Waals surface area contributed by atoms with E-state index in [2.05, 4.69) is 12.2 Å². The van der Waals surface area contributed by atoms with Crippen LogP contribution in [0.1, 0.15) is 77.6 Å². The Morgan fingerprint density at radius 2 is 1.52 bits per heavy atom. The van der Waals surface area contributed by atoms with Gasteiger partial charge in [0.25, 0.3) is 0 Å². The normalized spacial score (nSPS) is 13.5. The highest BCUT2D eigenvalue weighted by atomic mass is 35.5. The molecule has 0 aromatic rings. The summed E-state index contributed by atoms with van der Waals surface area (Å²) >= 11 is 17.8. The number of esters is 1. The Morgan fingerprint density at radius 3 is 2.13 bits per heavy atom. The zero-order valence-corrected chi connectivity index (χ0v) is 21.6. The van der Waals surface area contributed by atoms with E-state index in [0.717, 1.165) is 57.8 Å². The quantitative estimate of drug-likeness (QED) is 0.0906. The third-order valence-electron chi connectivity index (χ3n) is 5.05. The summed E-state index contributed by atoms with van der Waals surface area (Å²) in [6, 6.07) is -0.272. The average molecular weight is 501 g/mol. The molecule has 0 fully saturated rings. The molecule has 0 aromatic heterocycles. The van der Waals surface area contributed by atoms with E-state index in [1.165, 1.54) is 6.92 Å². The summed E-state index contributed by atoms with van der Waals surface area (Å²) in [5, 5.41) is 0.243. The molecule has 0 spiro atoms. The Morgan fingerprint density at radius 1 is 0.903 bits per heavy atom. The molecule has 0 bridgehead atoms. The minimum Gasteiger partial charge on any atom is -0.464 e. The molecule has 0 heterocycles. The third-order valence-corrected chi connectivity index (χ3v) is 5.92. The first kappa shape index (κ1) is 30.5. The number of amides is 1. The van der Waals surface area contributed by atoms with Crippen LogP contribution in [0.4, 0.5) is 0 Å². The second-order valence-corrected chi connectivity index (χ2v) is 9.73. The molecular formula is C23H40Cl3NO4. The molecule has 0 saturated heterocycles. The number of hydrogen-bond donors (Lipinski definition) is 0. The van der Waals surface area contributed by atoms with Gasteiger partial charge < -0.3 is 14.4 Å². The molecule has 0 radical (unpaired) electrons. The van der Waals surface area contributed by atoms with Gasteiger partial charge in [0.15, 0.2) is 0 Å². The van der Waals surface area contributed by atoms with Crippen molar-refractivity contribution in [2.45, 2.75) is 93.8 Å². The van der Waals surface area contributed by atoms with E-state index in [4.69, 9.17) is 44.3 Å². The van der Waals surface area contributed by atoms with Crippen molar-refractivity contribution in [2.24, 2.45) is 0 Å². The zero-order valence-electron chi connectivity index (χ0n) is 19.3. The Balaban J connectivity index is 3.84. The fourth-order valence-corrected chi connectivity index (χ4v) is 3.73. The fraction of sp³-hybridized carbons (Fsp3) is 0.826. The van der Waals surface area contributed by atoms with Crippen molar-refractivity contribution < 1.29 is 19.1 Å². The third kappa shape index (κ3) is 18.8. The van der Waals surface area contributed by atoms with Gasteiger partial charge in [0, 0.05) is 32.9 Å². The second kappa shape index (κ2) is 20.1. The van der Waals surface area contributed by atoms with Crippen LogP contribution >= 0.6 is 34.8 Å². The smallest absolute Gasteiger partial charge is 0.302 e. The van der Waals surface area contributed by atoms with Gasteiger partial charge in [-0.05, 0) is 38.5 Å². The van der Waals surface area contributed by atoms with Gasteiger partial charge in [-0.3, -0.25) is 9.59 Å². The van der Waals surface area contributed by atoms with E-state index >= 15 is 0 Å². The fourth-order valence-electron chi connectivity index (χ4n) is 3.11. The van der Waals surface area contributed by atoms with E-state index in [1.807, 2.05) is 0 Å². The van der Waals surface area contributed by atoms with Gasteiger partial charge in [-0.25, -0.2) is 0 Å². The van der Waals surface area contributed by atoms with Gasteiger partial charge in [0.2, 0.25) is 5.91 Å². The molecule has 5 nitrogen and oxygen atoms in total. The maximum Gasteiger partial charge on any atom is 0.302 e. The summed E-state index contributed by atoms with van der Waals surface area (Å²) in [5.41, 5.74) is 0. The number of ether oxygens (including phenoxy) is 2. The summed E-state index contributed by atoms with van der Waals surface area (Å²) in [6.07, 6.45) is 14.8. The van der Waals surface area contributed by atoms with Crippen LogP contribution in [0.3, 0.4) is 0 Å². The highest BCUT2D eigenvalue weighted by molar-refractivity contribution is 6.44. The van der Waals surface area contributed by atoms with Crippen LogP contribution in [0.2, 0.25) is 0 Å². The van der Waals surface area contributed by atoms with Crippen LogP contribution in [0, 0.1) is 0 Å². The van der Waals surface area contributed by atoms with Crippen LogP contribution < -0.4 is 0 Å². The van der Waals surface area contributed by atoms with Gasteiger partial charge in [0.05, 0.1) is 12.6 Å². The lowest BCUT2D eigenvalue weighted by Crippen LogP contribution is -2.43. The maximum absolute atomic E-state index is 12.3. The molecule has 2 atom stereocenters. The number of unbranched alkanes of at least 4 members (excludes halogenated alkanes) is 4. The summed E-state index contributed by atoms with van der Waals surface area (Å²) < 4.78 is 10.1. The van der Waals surface area contributed by atoms with Crippen molar-refractivity contribution in [3.05, 3.63) is 12.2 Å². The molecule has 31 heavy (non-hydrogen) atoms. The first-order valence-corrected chi connectivity index (χ1v) is 12.5. The SMILES string of the molecule is COCC(COC(C)=O)N(C)C(=O)CCC=CCCCCC(Cl)CCCCCC(Cl)Cl. The Hall–Kier alpha value is -0.490. The number of halogens is 3. The van der Waals surface area contributed by atoms with Crippen LogP contribution in [0.25, 0.3) is 0 Å². The van der Waals surface area contributed by atoms with Gasteiger partial charge >= 0.3 is 5.97 Å². The number of carbonyl (C=O) groups excluding carboxylic acids is 2. The van der Waals surface area contributed by atoms with Crippen LogP contribution in [-0.2, 0) is 19.1 Å². The highest BCUT2D eigenvalue weighted by Gasteiger charge is 2.20. The molecule has 0 N–H and O–H groups in total. The number of methoxy groups -OCH3 is 1. The number of alkyl halides is 3. The number of carbonyl (C=O) groups is 2. The van der Waals surface area contributed by atoms with Gasteiger partial charge in [-0.15, -0.1) is 34.8 Å². The van der Waals surface area contributed by atoms with Crippen molar-refractivity contribution in [1.82, 2.24) is 4.90 Å². The van der Waals surface area contributed by atoms with Gasteiger partial charge in [0.1, 0.15) is 11.4 Å². The Kier molecular flexibility index (Phi) is 19.8. The standard InChI is InChI=1S/C23H40Cl3NO4/c1-19(28)31-18-21(17-30-3)27(2)23(29)16-12-7-5-4-6-9-13-20(24)14-10-8-11-15-22(25)26/h5,7,20-22H,4,6,8-18H2,1-3H3. The van der Waals surface area contributed by atoms with Crippen LogP contribution in [-0.4, -0.2) is 60.4 Å².